The van der Waals surface area contributed by atoms with Crippen LogP contribution in [0.25, 0.3) is 11.3 Å². The van der Waals surface area contributed by atoms with Gasteiger partial charge in [0.1, 0.15) is 11.6 Å². The number of benzene rings is 1. The van der Waals surface area contributed by atoms with Crippen LogP contribution >= 0.6 is 0 Å². The second-order valence-electron chi connectivity index (χ2n) is 4.70. The van der Waals surface area contributed by atoms with Crippen molar-refractivity contribution in [2.45, 2.75) is 6.92 Å². The Hall–Kier alpha value is -3.15. The zero-order valence-corrected chi connectivity index (χ0v) is 12.5. The first kappa shape index (κ1) is 14.8. The lowest BCUT2D eigenvalue weighted by Gasteiger charge is -2.02. The van der Waals surface area contributed by atoms with Gasteiger partial charge in [-0.1, -0.05) is 11.2 Å². The molecule has 0 fully saturated rings. The highest BCUT2D eigenvalue weighted by Crippen LogP contribution is 2.23. The highest BCUT2D eigenvalue weighted by Gasteiger charge is 2.14. The van der Waals surface area contributed by atoms with Gasteiger partial charge >= 0.3 is 0 Å². The summed E-state index contributed by atoms with van der Waals surface area (Å²) in [6.45, 7) is 2.54. The Bertz CT molecular complexity index is 782. The third-order valence-corrected chi connectivity index (χ3v) is 3.10. The van der Waals surface area contributed by atoms with Crippen LogP contribution in [-0.4, -0.2) is 22.7 Å². The molecule has 0 unspecified atom stereocenters. The van der Waals surface area contributed by atoms with Crippen LogP contribution in [0, 0.1) is 0 Å². The molecule has 2 heterocycles. The summed E-state index contributed by atoms with van der Waals surface area (Å²) in [7, 11) is 0. The average Bonchev–Trinajstić information content (AvgIpc) is 3.07. The molecule has 0 atom stereocenters. The SMILES string of the molecule is CCOc1ccc(-c2cc(C(=O)Nc3ccccn3)no2)cc1. The summed E-state index contributed by atoms with van der Waals surface area (Å²) in [5, 5.41) is 6.46. The molecule has 0 saturated carbocycles. The van der Waals surface area contributed by atoms with Gasteiger partial charge in [0.15, 0.2) is 11.5 Å². The lowest BCUT2D eigenvalue weighted by molar-refractivity contribution is 0.101. The van der Waals surface area contributed by atoms with E-state index in [-0.39, 0.29) is 11.6 Å². The van der Waals surface area contributed by atoms with Gasteiger partial charge in [0.05, 0.1) is 6.61 Å². The van der Waals surface area contributed by atoms with E-state index in [2.05, 4.69) is 15.5 Å². The number of hydrogen-bond acceptors (Lipinski definition) is 5. The monoisotopic (exact) mass is 309 g/mol. The van der Waals surface area contributed by atoms with Crippen LogP contribution in [0.15, 0.2) is 59.3 Å². The number of nitrogens with one attached hydrogen (secondary N) is 1. The van der Waals surface area contributed by atoms with E-state index in [1.807, 2.05) is 31.2 Å². The molecule has 116 valence electrons. The number of carbonyl (C=O) groups is 1. The Balaban J connectivity index is 1.73. The maximum atomic E-state index is 12.1. The number of amides is 1. The molecular weight excluding hydrogens is 294 g/mol. The molecule has 0 bridgehead atoms. The molecule has 6 nitrogen and oxygen atoms in total. The van der Waals surface area contributed by atoms with E-state index in [4.69, 9.17) is 9.26 Å². The summed E-state index contributed by atoms with van der Waals surface area (Å²) in [5.74, 6) is 1.39. The molecule has 0 radical (unpaired) electrons. The molecule has 0 aliphatic heterocycles. The fraction of sp³-hybridized carbons (Fsp3) is 0.118. The van der Waals surface area contributed by atoms with Crippen LogP contribution in [0.5, 0.6) is 5.75 Å². The molecule has 3 aromatic rings. The van der Waals surface area contributed by atoms with Crippen molar-refractivity contribution >= 4 is 11.7 Å². The van der Waals surface area contributed by atoms with E-state index in [1.54, 1.807) is 30.5 Å². The molecule has 0 aliphatic carbocycles. The highest BCUT2D eigenvalue weighted by atomic mass is 16.5. The zero-order valence-electron chi connectivity index (χ0n) is 12.5. The van der Waals surface area contributed by atoms with E-state index >= 15 is 0 Å². The molecule has 1 N–H and O–H groups in total. The first-order chi connectivity index (χ1) is 11.3. The van der Waals surface area contributed by atoms with Crippen molar-refractivity contribution < 1.29 is 14.1 Å². The Labute approximate surface area is 133 Å². The molecule has 2 aromatic heterocycles. The van der Waals surface area contributed by atoms with Crippen LogP contribution in [0.4, 0.5) is 5.82 Å². The van der Waals surface area contributed by atoms with Crippen LogP contribution in [0.3, 0.4) is 0 Å². The molecule has 0 aliphatic rings. The normalized spacial score (nSPS) is 10.3. The quantitative estimate of drug-likeness (QED) is 0.781. The van der Waals surface area contributed by atoms with E-state index in [0.717, 1.165) is 11.3 Å². The highest BCUT2D eigenvalue weighted by molar-refractivity contribution is 6.02. The molecule has 6 heteroatoms. The first-order valence-electron chi connectivity index (χ1n) is 7.18. The number of carbonyl (C=O) groups excluding carboxylic acids is 1. The Morgan fingerprint density at radius 2 is 2.04 bits per heavy atom. The van der Waals surface area contributed by atoms with Crippen LogP contribution in [-0.2, 0) is 0 Å². The third-order valence-electron chi connectivity index (χ3n) is 3.10. The molecule has 1 aromatic carbocycles. The minimum absolute atomic E-state index is 0.194. The molecule has 1 amide bonds. The van der Waals surface area contributed by atoms with Crippen molar-refractivity contribution in [2.75, 3.05) is 11.9 Å². The van der Waals surface area contributed by atoms with E-state index < -0.39 is 0 Å². The number of hydrogen-bond donors (Lipinski definition) is 1. The number of ether oxygens (including phenoxy) is 1. The summed E-state index contributed by atoms with van der Waals surface area (Å²) in [6.07, 6.45) is 1.60. The predicted octanol–water partition coefficient (Wildman–Crippen LogP) is 3.39. The van der Waals surface area contributed by atoms with Gasteiger partial charge in [-0.25, -0.2) is 4.98 Å². The van der Waals surface area contributed by atoms with E-state index in [1.165, 1.54) is 0 Å². The van der Waals surface area contributed by atoms with Gasteiger partial charge in [0.2, 0.25) is 0 Å². The van der Waals surface area contributed by atoms with Gasteiger partial charge in [0, 0.05) is 17.8 Å². The molecule has 23 heavy (non-hydrogen) atoms. The predicted molar refractivity (Wildman–Crippen MR) is 85.3 cm³/mol. The summed E-state index contributed by atoms with van der Waals surface area (Å²) >= 11 is 0. The maximum Gasteiger partial charge on any atom is 0.279 e. The zero-order chi connectivity index (χ0) is 16.1. The second kappa shape index (κ2) is 6.74. The average molecular weight is 309 g/mol. The summed E-state index contributed by atoms with van der Waals surface area (Å²) in [4.78, 5) is 16.1. The van der Waals surface area contributed by atoms with Crippen molar-refractivity contribution in [3.63, 3.8) is 0 Å². The van der Waals surface area contributed by atoms with Crippen molar-refractivity contribution in [3.05, 3.63) is 60.4 Å². The summed E-state index contributed by atoms with van der Waals surface area (Å²) in [6, 6.07) is 14.2. The Kier molecular flexibility index (Phi) is 4.33. The van der Waals surface area contributed by atoms with Gasteiger partial charge in [-0.2, -0.15) is 0 Å². The number of pyridine rings is 1. The fourth-order valence-electron chi connectivity index (χ4n) is 2.02. The van der Waals surface area contributed by atoms with Gasteiger partial charge in [0.25, 0.3) is 5.91 Å². The Morgan fingerprint density at radius 1 is 1.22 bits per heavy atom. The van der Waals surface area contributed by atoms with Gasteiger partial charge < -0.3 is 14.6 Å². The van der Waals surface area contributed by atoms with Gasteiger partial charge in [-0.3, -0.25) is 4.79 Å². The smallest absolute Gasteiger partial charge is 0.279 e. The number of nitrogens with zero attached hydrogens (tertiary/aromatic N) is 2. The largest absolute Gasteiger partial charge is 0.494 e. The van der Waals surface area contributed by atoms with E-state index in [9.17, 15) is 4.79 Å². The molecule has 0 spiro atoms. The lowest BCUT2D eigenvalue weighted by Crippen LogP contribution is -2.12. The van der Waals surface area contributed by atoms with Crippen molar-refractivity contribution in [1.82, 2.24) is 10.1 Å². The topological polar surface area (TPSA) is 77.2 Å². The van der Waals surface area contributed by atoms with Crippen molar-refractivity contribution in [3.8, 4) is 17.1 Å². The van der Waals surface area contributed by atoms with Crippen LogP contribution in [0.1, 0.15) is 17.4 Å². The van der Waals surface area contributed by atoms with Crippen molar-refractivity contribution in [1.29, 1.82) is 0 Å². The Morgan fingerprint density at radius 3 is 2.74 bits per heavy atom. The summed E-state index contributed by atoms with van der Waals surface area (Å²) in [5.41, 5.74) is 1.01. The van der Waals surface area contributed by atoms with E-state index in [0.29, 0.717) is 18.2 Å². The number of anilines is 1. The van der Waals surface area contributed by atoms with Gasteiger partial charge in [-0.05, 0) is 43.3 Å². The number of rotatable bonds is 5. The second-order valence-corrected chi connectivity index (χ2v) is 4.70. The van der Waals surface area contributed by atoms with Crippen LogP contribution in [0.2, 0.25) is 0 Å². The van der Waals surface area contributed by atoms with Gasteiger partial charge in [-0.15, -0.1) is 0 Å². The minimum atomic E-state index is -0.371. The maximum absolute atomic E-state index is 12.1. The third kappa shape index (κ3) is 3.55. The minimum Gasteiger partial charge on any atom is -0.494 e. The molecular formula is C17H15N3O3. The molecule has 0 saturated heterocycles. The first-order valence-corrected chi connectivity index (χ1v) is 7.18. The van der Waals surface area contributed by atoms with Crippen LogP contribution < -0.4 is 10.1 Å². The lowest BCUT2D eigenvalue weighted by atomic mass is 10.1. The summed E-state index contributed by atoms with van der Waals surface area (Å²) < 4.78 is 10.6. The van der Waals surface area contributed by atoms with Crippen molar-refractivity contribution in [2.24, 2.45) is 0 Å². The standard InChI is InChI=1S/C17H15N3O3/c1-2-22-13-8-6-12(7-9-13)15-11-14(20-23-15)17(21)19-16-5-3-4-10-18-16/h3-11H,2H2,1H3,(H,18,19,21). The fourth-order valence-corrected chi connectivity index (χ4v) is 2.02. The molecule has 3 rings (SSSR count). The number of aromatic nitrogens is 2.